The molecule has 0 saturated carbocycles. The number of amidine groups is 1. The number of alkyl carbamates (subject to hydrolysis) is 1. The van der Waals surface area contributed by atoms with Crippen LogP contribution in [0.2, 0.25) is 0 Å². The van der Waals surface area contributed by atoms with Gasteiger partial charge < -0.3 is 9.53 Å². The van der Waals surface area contributed by atoms with Crippen molar-refractivity contribution in [3.8, 4) is 0 Å². The van der Waals surface area contributed by atoms with Crippen molar-refractivity contribution in [2.45, 2.75) is 39.7 Å². The largest absolute Gasteiger partial charge is 0.443 e. The van der Waals surface area contributed by atoms with E-state index in [4.69, 9.17) is 4.74 Å². The highest BCUT2D eigenvalue weighted by atomic mass is 32.1. The number of carbonyl (C=O) groups is 2. The van der Waals surface area contributed by atoms with Crippen LogP contribution in [0.5, 0.6) is 0 Å². The van der Waals surface area contributed by atoms with E-state index in [2.05, 4.69) is 16.9 Å². The van der Waals surface area contributed by atoms with Crippen molar-refractivity contribution in [2.75, 3.05) is 7.05 Å². The number of nitrogens with one attached hydrogen (secondary N) is 1. The van der Waals surface area contributed by atoms with Gasteiger partial charge in [-0.25, -0.2) is 15.1 Å². The number of rotatable bonds is 3. The zero-order chi connectivity index (χ0) is 15.1. The summed E-state index contributed by atoms with van der Waals surface area (Å²) < 4.78 is 5.13. The molecule has 0 aliphatic rings. The standard InChI is InChI=1S/C13H20N2O3S/c1-9(2)10(7-8-16)19-11(14-6)15-12(17)18-13(3,4)5/h8H,1,7H2,2-6H3/p+1. The van der Waals surface area contributed by atoms with Gasteiger partial charge in [-0.3, -0.25) is 0 Å². The molecule has 0 aliphatic heterocycles. The molecule has 0 spiro atoms. The smallest absolute Gasteiger partial charge is 0.417 e. The predicted molar refractivity (Wildman–Crippen MR) is 80.6 cm³/mol. The maximum atomic E-state index is 11.6. The number of aldehydes is 1. The lowest BCUT2D eigenvalue weighted by Crippen LogP contribution is -2.36. The van der Waals surface area contributed by atoms with Gasteiger partial charge in [-0.1, -0.05) is 6.58 Å². The van der Waals surface area contributed by atoms with E-state index >= 15 is 0 Å². The monoisotopic (exact) mass is 285 g/mol. The third-order valence-electron chi connectivity index (χ3n) is 1.78. The molecule has 106 valence electrons. The van der Waals surface area contributed by atoms with E-state index in [9.17, 15) is 9.59 Å². The van der Waals surface area contributed by atoms with Crippen LogP contribution in [0.15, 0.2) is 17.1 Å². The average molecular weight is 285 g/mol. The number of nitrogens with zero attached hydrogens (tertiary/aromatic N) is 1. The topological polar surface area (TPSA) is 67.8 Å². The minimum Gasteiger partial charge on any atom is -0.443 e. The van der Waals surface area contributed by atoms with Crippen LogP contribution in [0.1, 0.15) is 34.1 Å². The molecule has 0 aliphatic carbocycles. The lowest BCUT2D eigenvalue weighted by Gasteiger charge is -2.18. The molecule has 0 atom stereocenters. The van der Waals surface area contributed by atoms with Gasteiger partial charge in [0.1, 0.15) is 11.9 Å². The Bertz CT molecular complexity index is 420. The van der Waals surface area contributed by atoms with Crippen LogP contribution in [0, 0.1) is 0 Å². The Morgan fingerprint density at radius 1 is 1.47 bits per heavy atom. The number of allylic oxidation sites excluding steroid dienone is 1. The van der Waals surface area contributed by atoms with Gasteiger partial charge in [0.05, 0.1) is 6.42 Å². The van der Waals surface area contributed by atoms with E-state index < -0.39 is 11.7 Å². The normalized spacial score (nSPS) is 12.9. The maximum Gasteiger partial charge on any atom is 0.417 e. The number of hydrogen-bond acceptors (Lipinski definition) is 4. The molecular weight excluding hydrogens is 264 g/mol. The van der Waals surface area contributed by atoms with E-state index in [1.54, 1.807) is 34.7 Å². The highest BCUT2D eigenvalue weighted by Gasteiger charge is 2.23. The SMILES string of the molecule is C=C(C)C(CC=O)=[S+]C(=NC)NC(=O)OC(C)(C)C. The summed E-state index contributed by atoms with van der Waals surface area (Å²) >= 11 is 1.20. The Kier molecular flexibility index (Phi) is 7.14. The van der Waals surface area contributed by atoms with Gasteiger partial charge in [-0.2, -0.15) is 0 Å². The number of carbonyl (C=O) groups excluding carboxylic acids is 2. The molecule has 0 unspecified atom stereocenters. The first-order valence-electron chi connectivity index (χ1n) is 5.79. The van der Waals surface area contributed by atoms with Gasteiger partial charge in [0.25, 0.3) is 11.4 Å². The quantitative estimate of drug-likeness (QED) is 0.215. The van der Waals surface area contributed by atoms with Gasteiger partial charge >= 0.3 is 11.3 Å². The zero-order valence-corrected chi connectivity index (χ0v) is 12.9. The lowest BCUT2D eigenvalue weighted by molar-refractivity contribution is -0.106. The van der Waals surface area contributed by atoms with E-state index in [0.717, 1.165) is 16.7 Å². The van der Waals surface area contributed by atoms with Crippen LogP contribution < -0.4 is 5.32 Å². The molecule has 0 rings (SSSR count). The number of aliphatic imine (C=N–C) groups is 1. The summed E-state index contributed by atoms with van der Waals surface area (Å²) in [5, 5.41) is 2.91. The van der Waals surface area contributed by atoms with Crippen molar-refractivity contribution < 1.29 is 14.3 Å². The second-order valence-corrected chi connectivity index (χ2v) is 5.92. The first kappa shape index (κ1) is 17.4. The highest BCUT2D eigenvalue weighted by molar-refractivity contribution is 7.94. The van der Waals surface area contributed by atoms with Crippen molar-refractivity contribution in [3.63, 3.8) is 0 Å². The molecule has 0 aromatic heterocycles. The van der Waals surface area contributed by atoms with Crippen LogP contribution in [0.3, 0.4) is 0 Å². The molecule has 19 heavy (non-hydrogen) atoms. The Morgan fingerprint density at radius 3 is 2.42 bits per heavy atom. The average Bonchev–Trinajstić information content (AvgIpc) is 2.24. The van der Waals surface area contributed by atoms with Crippen LogP contribution in [0.25, 0.3) is 0 Å². The van der Waals surface area contributed by atoms with Crippen LogP contribution in [-0.2, 0) is 20.9 Å². The third-order valence-corrected chi connectivity index (χ3v) is 3.02. The van der Waals surface area contributed by atoms with Gasteiger partial charge in [-0.15, -0.1) is 0 Å². The summed E-state index contributed by atoms with van der Waals surface area (Å²) in [7, 11) is 1.55. The predicted octanol–water partition coefficient (Wildman–Crippen LogP) is 1.92. The zero-order valence-electron chi connectivity index (χ0n) is 12.1. The minimum atomic E-state index is -0.576. The molecule has 0 fully saturated rings. The Labute approximate surface area is 118 Å². The van der Waals surface area contributed by atoms with Crippen molar-refractivity contribution >= 4 is 33.8 Å². The summed E-state index contributed by atoms with van der Waals surface area (Å²) in [6, 6.07) is 0. The fourth-order valence-electron chi connectivity index (χ4n) is 1.01. The number of amides is 1. The van der Waals surface area contributed by atoms with Crippen molar-refractivity contribution in [1.29, 1.82) is 0 Å². The van der Waals surface area contributed by atoms with Crippen LogP contribution in [-0.4, -0.2) is 35.1 Å². The van der Waals surface area contributed by atoms with Crippen molar-refractivity contribution in [2.24, 2.45) is 4.99 Å². The van der Waals surface area contributed by atoms with Gasteiger partial charge in [0.2, 0.25) is 4.86 Å². The van der Waals surface area contributed by atoms with Gasteiger partial charge in [0.15, 0.2) is 0 Å². The molecule has 0 radical (unpaired) electrons. The molecule has 1 N–H and O–H groups in total. The molecular formula is C13H21N2O3S+. The summed E-state index contributed by atoms with van der Waals surface area (Å²) in [5.41, 5.74) is 0.196. The maximum absolute atomic E-state index is 11.6. The van der Waals surface area contributed by atoms with E-state index in [0.29, 0.717) is 5.17 Å². The van der Waals surface area contributed by atoms with E-state index in [-0.39, 0.29) is 6.42 Å². The first-order chi connectivity index (χ1) is 8.69. The summed E-state index contributed by atoms with van der Waals surface area (Å²) in [5.74, 6) is 0. The van der Waals surface area contributed by atoms with Crippen molar-refractivity contribution in [1.82, 2.24) is 5.32 Å². The van der Waals surface area contributed by atoms with Crippen LogP contribution >= 0.6 is 0 Å². The Hall–Kier alpha value is -1.56. The molecule has 0 aromatic rings. The minimum absolute atomic E-state index is 0.245. The number of ether oxygens (including phenoxy) is 1. The summed E-state index contributed by atoms with van der Waals surface area (Å²) in [4.78, 5) is 26.9. The molecule has 0 aromatic carbocycles. The second-order valence-electron chi connectivity index (χ2n) is 4.83. The van der Waals surface area contributed by atoms with E-state index in [1.165, 1.54) is 11.4 Å². The Balaban J connectivity index is 4.86. The summed E-state index contributed by atoms with van der Waals surface area (Å²) in [6.07, 6.45) is 0.458. The second kappa shape index (κ2) is 7.78. The third kappa shape index (κ3) is 8.20. The fourth-order valence-corrected chi connectivity index (χ4v) is 1.80. The molecule has 0 bridgehead atoms. The molecule has 6 heteroatoms. The Morgan fingerprint density at radius 2 is 2.05 bits per heavy atom. The molecule has 1 amide bonds. The lowest BCUT2D eigenvalue weighted by atomic mass is 10.2. The molecule has 0 heterocycles. The molecule has 5 nitrogen and oxygen atoms in total. The van der Waals surface area contributed by atoms with Crippen LogP contribution in [0.4, 0.5) is 4.79 Å². The van der Waals surface area contributed by atoms with E-state index in [1.807, 2.05) is 0 Å². The first-order valence-corrected chi connectivity index (χ1v) is 6.61. The van der Waals surface area contributed by atoms with Crippen molar-refractivity contribution in [3.05, 3.63) is 12.2 Å². The number of hydrogen-bond donors (Lipinski definition) is 1. The molecule has 0 saturated heterocycles. The highest BCUT2D eigenvalue weighted by Crippen LogP contribution is 2.06. The van der Waals surface area contributed by atoms with Gasteiger partial charge in [-0.05, 0) is 27.7 Å². The fraction of sp³-hybridized carbons (Fsp3) is 0.538. The summed E-state index contributed by atoms with van der Waals surface area (Å²) in [6.45, 7) is 10.9. The van der Waals surface area contributed by atoms with Gasteiger partial charge in [0, 0.05) is 12.6 Å².